The van der Waals surface area contributed by atoms with Crippen molar-refractivity contribution in [3.05, 3.63) is 0 Å². The highest BCUT2D eigenvalue weighted by Crippen LogP contribution is 2.25. The zero-order valence-corrected chi connectivity index (χ0v) is 21.6. The number of halogens is 6. The minimum absolute atomic E-state index is 0.250. The summed E-state index contributed by atoms with van der Waals surface area (Å²) in [5, 5.41) is 14.2. The van der Waals surface area contributed by atoms with Crippen LogP contribution in [-0.4, -0.2) is 120 Å². The SMILES string of the molecule is CC(C)CN1CCC(N2CCC(C(=O)N3CCOCC3)CC2)CC1.O=C(O)C(F)(F)F.O=C(O)C(F)(F)F. The molecule has 38 heavy (non-hydrogen) atoms. The number of piperidine rings is 2. The molecule has 3 aliphatic rings. The molecular formula is C23H37F6N3O6. The van der Waals surface area contributed by atoms with Gasteiger partial charge < -0.3 is 29.6 Å². The lowest BCUT2D eigenvalue weighted by molar-refractivity contribution is -0.193. The van der Waals surface area contributed by atoms with Crippen molar-refractivity contribution in [2.24, 2.45) is 11.8 Å². The smallest absolute Gasteiger partial charge is 0.475 e. The van der Waals surface area contributed by atoms with E-state index < -0.39 is 24.3 Å². The van der Waals surface area contributed by atoms with E-state index in [0.717, 1.165) is 51.0 Å². The predicted molar refractivity (Wildman–Crippen MR) is 123 cm³/mol. The standard InChI is InChI=1S/C19H35N3O2.2C2HF3O2/c1-16(2)15-20-7-5-18(6-8-20)21-9-3-17(4-10-21)19(23)22-11-13-24-14-12-22;2*3-2(4,5)1(6)7/h16-18H,3-15H2,1-2H3;2*(H,6,7). The number of nitrogens with zero attached hydrogens (tertiary/aromatic N) is 3. The molecule has 9 nitrogen and oxygen atoms in total. The van der Waals surface area contributed by atoms with Crippen molar-refractivity contribution in [1.82, 2.24) is 14.7 Å². The zero-order valence-electron chi connectivity index (χ0n) is 21.6. The van der Waals surface area contributed by atoms with Crippen LogP contribution in [0.15, 0.2) is 0 Å². The van der Waals surface area contributed by atoms with Crippen LogP contribution in [0.25, 0.3) is 0 Å². The van der Waals surface area contributed by atoms with Gasteiger partial charge in [0.2, 0.25) is 5.91 Å². The average molecular weight is 566 g/mol. The van der Waals surface area contributed by atoms with Gasteiger partial charge in [0.05, 0.1) is 13.2 Å². The van der Waals surface area contributed by atoms with E-state index in [1.807, 2.05) is 4.90 Å². The van der Waals surface area contributed by atoms with Gasteiger partial charge in [0.15, 0.2) is 0 Å². The highest BCUT2D eigenvalue weighted by molar-refractivity contribution is 5.79. The topological polar surface area (TPSA) is 111 Å². The fourth-order valence-electron chi connectivity index (χ4n) is 4.54. The average Bonchev–Trinajstić information content (AvgIpc) is 2.84. The van der Waals surface area contributed by atoms with Gasteiger partial charge in [-0.3, -0.25) is 4.79 Å². The van der Waals surface area contributed by atoms with Gasteiger partial charge in [0.25, 0.3) is 0 Å². The number of alkyl halides is 6. The Bertz CT molecular complexity index is 719. The van der Waals surface area contributed by atoms with Crippen molar-refractivity contribution in [3.63, 3.8) is 0 Å². The Morgan fingerprint density at radius 1 is 0.789 bits per heavy atom. The van der Waals surface area contributed by atoms with Crippen molar-refractivity contribution < 1.29 is 55.7 Å². The lowest BCUT2D eigenvalue weighted by Crippen LogP contribution is -2.51. The van der Waals surface area contributed by atoms with E-state index in [1.54, 1.807) is 0 Å². The molecule has 1 amide bonds. The van der Waals surface area contributed by atoms with Gasteiger partial charge in [-0.15, -0.1) is 0 Å². The van der Waals surface area contributed by atoms with Crippen LogP contribution in [0.1, 0.15) is 39.5 Å². The highest BCUT2D eigenvalue weighted by Gasteiger charge is 2.39. The van der Waals surface area contributed by atoms with E-state index in [2.05, 4.69) is 23.6 Å². The van der Waals surface area contributed by atoms with Gasteiger partial charge in [-0.05, 0) is 57.8 Å². The van der Waals surface area contributed by atoms with Crippen LogP contribution in [0, 0.1) is 11.8 Å². The molecule has 15 heteroatoms. The third-order valence-electron chi connectivity index (χ3n) is 6.38. The van der Waals surface area contributed by atoms with Crippen molar-refractivity contribution in [3.8, 4) is 0 Å². The van der Waals surface area contributed by atoms with Crippen LogP contribution in [0.2, 0.25) is 0 Å². The number of carbonyl (C=O) groups is 3. The summed E-state index contributed by atoms with van der Waals surface area (Å²) in [6.07, 6.45) is -5.48. The number of carbonyl (C=O) groups excluding carboxylic acids is 1. The minimum atomic E-state index is -5.08. The zero-order chi connectivity index (χ0) is 29.1. The maximum Gasteiger partial charge on any atom is 0.490 e. The van der Waals surface area contributed by atoms with E-state index in [1.165, 1.54) is 32.5 Å². The molecule has 3 rings (SSSR count). The Hall–Kier alpha value is -2.13. The molecule has 0 bridgehead atoms. The number of hydrogen-bond donors (Lipinski definition) is 2. The van der Waals surface area contributed by atoms with Gasteiger partial charge >= 0.3 is 24.3 Å². The first-order valence-electron chi connectivity index (χ1n) is 12.5. The van der Waals surface area contributed by atoms with Crippen LogP contribution in [0.5, 0.6) is 0 Å². The van der Waals surface area contributed by atoms with Crippen molar-refractivity contribution in [1.29, 1.82) is 0 Å². The summed E-state index contributed by atoms with van der Waals surface area (Å²) in [7, 11) is 0. The highest BCUT2D eigenvalue weighted by atomic mass is 19.4. The molecule has 0 saturated carbocycles. The summed E-state index contributed by atoms with van der Waals surface area (Å²) in [5.74, 6) is -4.12. The first-order valence-corrected chi connectivity index (χ1v) is 12.5. The van der Waals surface area contributed by atoms with Crippen molar-refractivity contribution in [2.45, 2.75) is 57.9 Å². The van der Waals surface area contributed by atoms with Crippen LogP contribution >= 0.6 is 0 Å². The third kappa shape index (κ3) is 12.6. The Balaban J connectivity index is 0.000000426. The molecule has 3 fully saturated rings. The third-order valence-corrected chi connectivity index (χ3v) is 6.38. The Kier molecular flexibility index (Phi) is 13.8. The van der Waals surface area contributed by atoms with Gasteiger partial charge in [0, 0.05) is 31.6 Å². The maximum atomic E-state index is 12.6. The number of morpholine rings is 1. The second kappa shape index (κ2) is 15.5. The summed E-state index contributed by atoms with van der Waals surface area (Å²) in [6.45, 7) is 13.5. The van der Waals surface area contributed by atoms with E-state index >= 15 is 0 Å². The summed E-state index contributed by atoms with van der Waals surface area (Å²) in [6, 6.07) is 0.743. The summed E-state index contributed by atoms with van der Waals surface area (Å²) in [5.41, 5.74) is 0. The molecule has 3 heterocycles. The number of amides is 1. The van der Waals surface area contributed by atoms with Crippen LogP contribution in [-0.2, 0) is 19.1 Å². The lowest BCUT2D eigenvalue weighted by Gasteiger charge is -2.42. The van der Waals surface area contributed by atoms with E-state index in [0.29, 0.717) is 19.1 Å². The summed E-state index contributed by atoms with van der Waals surface area (Å²) >= 11 is 0. The molecule has 0 aromatic rings. The monoisotopic (exact) mass is 565 g/mol. The number of aliphatic carboxylic acids is 2. The molecule has 0 aromatic carbocycles. The van der Waals surface area contributed by atoms with Crippen molar-refractivity contribution >= 4 is 17.8 Å². The molecule has 3 saturated heterocycles. The quantitative estimate of drug-likeness (QED) is 0.501. The van der Waals surface area contributed by atoms with Crippen LogP contribution < -0.4 is 0 Å². The number of ether oxygens (including phenoxy) is 1. The molecule has 0 radical (unpaired) electrons. The van der Waals surface area contributed by atoms with E-state index in [-0.39, 0.29) is 5.92 Å². The predicted octanol–water partition coefficient (Wildman–Crippen LogP) is 2.94. The first-order chi connectivity index (χ1) is 17.5. The van der Waals surface area contributed by atoms with Crippen LogP contribution in [0.4, 0.5) is 26.3 Å². The van der Waals surface area contributed by atoms with E-state index in [4.69, 9.17) is 24.5 Å². The number of carboxylic acid groups (broad SMARTS) is 2. The molecular weight excluding hydrogens is 528 g/mol. The van der Waals surface area contributed by atoms with Gasteiger partial charge in [-0.1, -0.05) is 13.8 Å². The molecule has 0 aromatic heterocycles. The largest absolute Gasteiger partial charge is 0.490 e. The van der Waals surface area contributed by atoms with Gasteiger partial charge in [-0.2, -0.15) is 26.3 Å². The second-order valence-electron chi connectivity index (χ2n) is 9.78. The number of rotatable bonds is 4. The Morgan fingerprint density at radius 2 is 1.21 bits per heavy atom. The fourth-order valence-corrected chi connectivity index (χ4v) is 4.54. The Labute approximate surface area is 217 Å². The second-order valence-corrected chi connectivity index (χ2v) is 9.78. The molecule has 3 aliphatic heterocycles. The molecule has 0 spiro atoms. The normalized spacial score (nSPS) is 20.7. The minimum Gasteiger partial charge on any atom is -0.475 e. The summed E-state index contributed by atoms with van der Waals surface area (Å²) < 4.78 is 68.8. The molecule has 0 unspecified atom stereocenters. The maximum absolute atomic E-state index is 12.6. The molecule has 0 aliphatic carbocycles. The molecule has 0 atom stereocenters. The van der Waals surface area contributed by atoms with Crippen molar-refractivity contribution in [2.75, 3.05) is 59.0 Å². The number of hydrogen-bond acceptors (Lipinski definition) is 6. The fraction of sp³-hybridized carbons (Fsp3) is 0.870. The molecule has 2 N–H and O–H groups in total. The number of likely N-dealkylation sites (tertiary alicyclic amines) is 2. The van der Waals surface area contributed by atoms with Gasteiger partial charge in [0.1, 0.15) is 0 Å². The van der Waals surface area contributed by atoms with E-state index in [9.17, 15) is 31.1 Å². The lowest BCUT2D eigenvalue weighted by atomic mass is 9.92. The summed E-state index contributed by atoms with van der Waals surface area (Å²) in [4.78, 5) is 37.7. The first kappa shape index (κ1) is 33.9. The van der Waals surface area contributed by atoms with Gasteiger partial charge in [-0.25, -0.2) is 9.59 Å². The molecule has 222 valence electrons. The number of carboxylic acids is 2. The van der Waals surface area contributed by atoms with Crippen LogP contribution in [0.3, 0.4) is 0 Å². The Morgan fingerprint density at radius 3 is 1.58 bits per heavy atom.